The molecule has 3 N–H and O–H groups in total. The molecule has 4 aliphatic rings. The molecule has 1 amide bonds. The van der Waals surface area contributed by atoms with Crippen molar-refractivity contribution in [3.63, 3.8) is 0 Å². The highest BCUT2D eigenvalue weighted by Gasteiger charge is 2.62. The van der Waals surface area contributed by atoms with Crippen LogP contribution in [-0.2, 0) is 4.79 Å². The number of carbonyl (C=O) groups excluding carboxylic acids is 1. The number of nitrogens with zero attached hydrogens (tertiary/aromatic N) is 1. The molecule has 26 heavy (non-hydrogen) atoms. The number of fused-ring (bicyclic) bond motifs is 5. The first-order chi connectivity index (χ1) is 12.3. The molecule has 146 valence electrons. The standard InChI is InChI=1S/C21H34N2O3/c1-20-9-7-18(25)23(3)17(20)5-4-13-14(20)6-8-21(2)15(13)12-16(19(21)26)22-10-11-24/h7,9,13-17,19,22,24,26H,4-6,8,10-12H2,1-3H3/t13?,14?,15-,16-,17+,19-,20+,21?/m0/s1. The molecule has 1 heterocycles. The second-order valence-corrected chi connectivity index (χ2v) is 9.63. The lowest BCUT2D eigenvalue weighted by molar-refractivity contribution is -0.140. The Morgan fingerprint density at radius 1 is 1.27 bits per heavy atom. The van der Waals surface area contributed by atoms with Crippen LogP contribution in [0.4, 0.5) is 0 Å². The molecule has 3 aliphatic carbocycles. The van der Waals surface area contributed by atoms with Crippen molar-refractivity contribution in [1.29, 1.82) is 0 Å². The Morgan fingerprint density at radius 3 is 2.77 bits per heavy atom. The Morgan fingerprint density at radius 2 is 2.04 bits per heavy atom. The van der Waals surface area contributed by atoms with E-state index in [1.165, 1.54) is 0 Å². The Bertz CT molecular complexity index is 608. The molecule has 0 aromatic heterocycles. The molecule has 0 spiro atoms. The second kappa shape index (κ2) is 6.32. The van der Waals surface area contributed by atoms with Crippen molar-refractivity contribution in [3.8, 4) is 0 Å². The molecule has 0 saturated heterocycles. The summed E-state index contributed by atoms with van der Waals surface area (Å²) in [5, 5.41) is 23.5. The number of hydrogen-bond acceptors (Lipinski definition) is 4. The Balaban J connectivity index is 1.62. The van der Waals surface area contributed by atoms with Crippen molar-refractivity contribution in [2.75, 3.05) is 20.2 Å². The minimum atomic E-state index is -0.336. The van der Waals surface area contributed by atoms with E-state index in [2.05, 4.69) is 25.2 Å². The number of amides is 1. The van der Waals surface area contributed by atoms with Gasteiger partial charge in [0.15, 0.2) is 0 Å². The van der Waals surface area contributed by atoms with Gasteiger partial charge >= 0.3 is 0 Å². The zero-order chi connectivity index (χ0) is 18.7. The van der Waals surface area contributed by atoms with Crippen LogP contribution in [0, 0.1) is 28.6 Å². The van der Waals surface area contributed by atoms with Gasteiger partial charge in [-0.1, -0.05) is 19.9 Å². The molecule has 0 radical (unpaired) electrons. The van der Waals surface area contributed by atoms with E-state index in [9.17, 15) is 9.90 Å². The van der Waals surface area contributed by atoms with E-state index in [0.29, 0.717) is 30.3 Å². The molecule has 0 aromatic carbocycles. The Kier molecular flexibility index (Phi) is 4.48. The maximum atomic E-state index is 12.1. The molecule has 3 fully saturated rings. The van der Waals surface area contributed by atoms with Gasteiger partial charge in [0, 0.05) is 31.1 Å². The van der Waals surface area contributed by atoms with Gasteiger partial charge in [-0.25, -0.2) is 0 Å². The van der Waals surface area contributed by atoms with Gasteiger partial charge in [-0.15, -0.1) is 0 Å². The van der Waals surface area contributed by atoms with E-state index < -0.39 is 0 Å². The third kappa shape index (κ3) is 2.43. The maximum Gasteiger partial charge on any atom is 0.246 e. The van der Waals surface area contributed by atoms with Gasteiger partial charge in [-0.3, -0.25) is 4.79 Å². The Hall–Kier alpha value is -0.910. The fourth-order valence-corrected chi connectivity index (χ4v) is 7.20. The summed E-state index contributed by atoms with van der Waals surface area (Å²) in [6, 6.07) is 0.396. The highest BCUT2D eigenvalue weighted by Crippen LogP contribution is 2.63. The summed E-state index contributed by atoms with van der Waals surface area (Å²) in [4.78, 5) is 14.1. The normalized spacial score (nSPS) is 50.3. The van der Waals surface area contributed by atoms with Crippen LogP contribution in [0.3, 0.4) is 0 Å². The zero-order valence-electron chi connectivity index (χ0n) is 16.3. The number of carbonyl (C=O) groups is 1. The summed E-state index contributed by atoms with van der Waals surface area (Å²) in [5.74, 6) is 1.84. The van der Waals surface area contributed by atoms with Crippen LogP contribution in [0.2, 0.25) is 0 Å². The first kappa shape index (κ1) is 18.5. The lowest BCUT2D eigenvalue weighted by atomic mass is 9.48. The van der Waals surface area contributed by atoms with Crippen molar-refractivity contribution < 1.29 is 15.0 Å². The largest absolute Gasteiger partial charge is 0.395 e. The molecule has 3 saturated carbocycles. The number of rotatable bonds is 3. The van der Waals surface area contributed by atoms with E-state index in [0.717, 1.165) is 32.1 Å². The summed E-state index contributed by atoms with van der Waals surface area (Å²) < 4.78 is 0. The third-order valence-corrected chi connectivity index (χ3v) is 8.65. The molecule has 0 aromatic rings. The monoisotopic (exact) mass is 362 g/mol. The highest BCUT2D eigenvalue weighted by molar-refractivity contribution is 5.89. The predicted molar refractivity (Wildman–Crippen MR) is 100 cm³/mol. The van der Waals surface area contributed by atoms with Gasteiger partial charge in [0.2, 0.25) is 5.91 Å². The van der Waals surface area contributed by atoms with Crippen molar-refractivity contribution in [2.45, 2.75) is 64.1 Å². The van der Waals surface area contributed by atoms with Crippen molar-refractivity contribution >= 4 is 5.91 Å². The summed E-state index contributed by atoms with van der Waals surface area (Å²) in [5.41, 5.74) is 0.0199. The third-order valence-electron chi connectivity index (χ3n) is 8.65. The average Bonchev–Trinajstić information content (AvgIpc) is 2.88. The summed E-state index contributed by atoms with van der Waals surface area (Å²) in [6.45, 7) is 5.29. The van der Waals surface area contributed by atoms with Crippen LogP contribution in [-0.4, -0.2) is 59.4 Å². The summed E-state index contributed by atoms with van der Waals surface area (Å²) >= 11 is 0. The first-order valence-corrected chi connectivity index (χ1v) is 10.3. The molecule has 5 nitrogen and oxygen atoms in total. The van der Waals surface area contributed by atoms with Crippen LogP contribution in [0.1, 0.15) is 46.0 Å². The molecule has 5 heteroatoms. The summed E-state index contributed by atoms with van der Waals surface area (Å²) in [7, 11) is 1.95. The second-order valence-electron chi connectivity index (χ2n) is 9.63. The number of nitrogens with one attached hydrogen (secondary N) is 1. The van der Waals surface area contributed by atoms with Crippen molar-refractivity contribution in [3.05, 3.63) is 12.2 Å². The van der Waals surface area contributed by atoms with Gasteiger partial charge in [0.25, 0.3) is 0 Å². The van der Waals surface area contributed by atoms with Crippen LogP contribution in [0.5, 0.6) is 0 Å². The van der Waals surface area contributed by atoms with Gasteiger partial charge in [0.05, 0.1) is 12.7 Å². The van der Waals surface area contributed by atoms with Crippen LogP contribution >= 0.6 is 0 Å². The van der Waals surface area contributed by atoms with Crippen LogP contribution in [0.25, 0.3) is 0 Å². The van der Waals surface area contributed by atoms with Crippen molar-refractivity contribution in [1.82, 2.24) is 10.2 Å². The van der Waals surface area contributed by atoms with E-state index in [1.54, 1.807) is 6.08 Å². The average molecular weight is 363 g/mol. The van der Waals surface area contributed by atoms with E-state index in [-0.39, 0.29) is 35.5 Å². The zero-order valence-corrected chi connectivity index (χ0v) is 16.3. The highest BCUT2D eigenvalue weighted by atomic mass is 16.3. The predicted octanol–water partition coefficient (Wildman–Crippen LogP) is 1.55. The lowest BCUT2D eigenvalue weighted by Gasteiger charge is -2.59. The van der Waals surface area contributed by atoms with Crippen LogP contribution < -0.4 is 5.32 Å². The van der Waals surface area contributed by atoms with Gasteiger partial charge in [-0.2, -0.15) is 0 Å². The number of aliphatic hydroxyl groups excluding tert-OH is 2. The molecule has 8 atom stereocenters. The smallest absolute Gasteiger partial charge is 0.246 e. The number of aliphatic hydroxyl groups is 2. The fourth-order valence-electron chi connectivity index (χ4n) is 7.20. The van der Waals surface area contributed by atoms with Gasteiger partial charge in [-0.05, 0) is 61.3 Å². The van der Waals surface area contributed by atoms with E-state index >= 15 is 0 Å². The molecule has 0 bridgehead atoms. The minimum Gasteiger partial charge on any atom is -0.395 e. The SMILES string of the molecule is CN1C(=O)C=C[C@]2(C)C3CCC4(C)[C@@H](C[C@H](NCCO)[C@@H]4O)C3CC[C@@H]12. The van der Waals surface area contributed by atoms with Crippen LogP contribution in [0.15, 0.2) is 12.2 Å². The Labute approximate surface area is 156 Å². The van der Waals surface area contributed by atoms with Gasteiger partial charge < -0.3 is 20.4 Å². The first-order valence-electron chi connectivity index (χ1n) is 10.3. The van der Waals surface area contributed by atoms with Gasteiger partial charge in [0.1, 0.15) is 0 Å². The van der Waals surface area contributed by atoms with Crippen molar-refractivity contribution in [2.24, 2.45) is 28.6 Å². The van der Waals surface area contributed by atoms with E-state index in [1.807, 2.05) is 11.9 Å². The number of likely N-dealkylation sites (N-methyl/N-ethyl adjacent to an activating group) is 1. The molecule has 3 unspecified atom stereocenters. The quantitative estimate of drug-likeness (QED) is 0.712. The number of hydrogen-bond donors (Lipinski definition) is 3. The fraction of sp³-hybridized carbons (Fsp3) is 0.857. The molecule has 1 aliphatic heterocycles. The molecular formula is C21H34N2O3. The maximum absolute atomic E-state index is 12.1. The molecular weight excluding hydrogens is 328 g/mol. The summed E-state index contributed by atoms with van der Waals surface area (Å²) in [6.07, 6.45) is 9.02. The van der Waals surface area contributed by atoms with E-state index in [4.69, 9.17) is 5.11 Å². The molecule has 4 rings (SSSR count). The lowest BCUT2D eigenvalue weighted by Crippen LogP contribution is -2.59. The minimum absolute atomic E-state index is 0.0302. The topological polar surface area (TPSA) is 72.8 Å².